The van der Waals surface area contributed by atoms with Crippen molar-refractivity contribution in [2.45, 2.75) is 33.1 Å². The lowest BCUT2D eigenvalue weighted by Crippen LogP contribution is -2.21. The molecule has 0 saturated carbocycles. The van der Waals surface area contributed by atoms with E-state index in [2.05, 4.69) is 10.6 Å². The molecule has 2 amide bonds. The fourth-order valence-corrected chi connectivity index (χ4v) is 2.43. The zero-order valence-corrected chi connectivity index (χ0v) is 15.6. The van der Waals surface area contributed by atoms with Crippen LogP contribution in [0.5, 0.6) is 0 Å². The molecule has 0 aromatic heterocycles. The molecule has 0 aliphatic carbocycles. The van der Waals surface area contributed by atoms with Gasteiger partial charge in [-0.15, -0.1) is 0 Å². The van der Waals surface area contributed by atoms with E-state index >= 15 is 0 Å². The Morgan fingerprint density at radius 1 is 0.889 bits per heavy atom. The van der Waals surface area contributed by atoms with Crippen molar-refractivity contribution in [2.24, 2.45) is 0 Å². The zero-order chi connectivity index (χ0) is 19.6. The Bertz CT molecular complexity index is 800. The number of hydrogen-bond acceptors (Lipinski definition) is 4. The number of para-hydroxylation sites is 1. The van der Waals surface area contributed by atoms with Crippen LogP contribution in [0.4, 0.5) is 11.4 Å². The van der Waals surface area contributed by atoms with Crippen molar-refractivity contribution in [3.05, 3.63) is 59.7 Å². The van der Waals surface area contributed by atoms with Gasteiger partial charge in [-0.05, 0) is 37.1 Å². The molecule has 0 saturated heterocycles. The molecule has 2 aromatic carbocycles. The summed E-state index contributed by atoms with van der Waals surface area (Å²) in [7, 11) is 0. The van der Waals surface area contributed by atoms with E-state index in [1.165, 1.54) is 0 Å². The van der Waals surface area contributed by atoms with Gasteiger partial charge >= 0.3 is 5.97 Å². The van der Waals surface area contributed by atoms with Crippen molar-refractivity contribution >= 4 is 29.2 Å². The molecule has 0 aliphatic heterocycles. The van der Waals surface area contributed by atoms with Crippen molar-refractivity contribution < 1.29 is 19.1 Å². The lowest BCUT2D eigenvalue weighted by molar-refractivity contribution is -0.147. The van der Waals surface area contributed by atoms with E-state index in [1.54, 1.807) is 12.1 Å². The Morgan fingerprint density at radius 3 is 2.30 bits per heavy atom. The first-order chi connectivity index (χ1) is 13.0. The number of aryl methyl sites for hydroxylation is 2. The van der Waals surface area contributed by atoms with Crippen LogP contribution in [-0.4, -0.2) is 24.4 Å². The minimum Gasteiger partial charge on any atom is -0.456 e. The number of benzene rings is 2. The first-order valence-corrected chi connectivity index (χ1v) is 8.88. The van der Waals surface area contributed by atoms with E-state index in [9.17, 15) is 14.4 Å². The molecular weight excluding hydrogens is 344 g/mol. The van der Waals surface area contributed by atoms with Crippen LogP contribution in [0.1, 0.15) is 30.9 Å². The van der Waals surface area contributed by atoms with Gasteiger partial charge in [0, 0.05) is 17.8 Å². The second-order valence-corrected chi connectivity index (χ2v) is 6.13. The molecular formula is C21H24N2O4. The molecule has 6 heteroatoms. The monoisotopic (exact) mass is 368 g/mol. The number of carbonyl (C=O) groups is 3. The quantitative estimate of drug-likeness (QED) is 0.699. The number of amides is 2. The van der Waals surface area contributed by atoms with E-state index in [0.717, 1.165) is 23.2 Å². The summed E-state index contributed by atoms with van der Waals surface area (Å²) >= 11 is 0. The summed E-state index contributed by atoms with van der Waals surface area (Å²) < 4.78 is 4.91. The van der Waals surface area contributed by atoms with Crippen molar-refractivity contribution in [3.8, 4) is 0 Å². The van der Waals surface area contributed by atoms with Crippen LogP contribution in [0, 0.1) is 6.92 Å². The Morgan fingerprint density at radius 2 is 1.59 bits per heavy atom. The van der Waals surface area contributed by atoms with Gasteiger partial charge in [0.2, 0.25) is 5.91 Å². The third kappa shape index (κ3) is 6.93. The molecule has 6 nitrogen and oxygen atoms in total. The number of esters is 1. The maximum Gasteiger partial charge on any atom is 0.306 e. The number of ether oxygens (including phenoxy) is 1. The molecule has 0 aliphatic rings. The van der Waals surface area contributed by atoms with Crippen LogP contribution in [0.2, 0.25) is 0 Å². The van der Waals surface area contributed by atoms with E-state index < -0.39 is 11.9 Å². The second kappa shape index (κ2) is 10.1. The molecule has 27 heavy (non-hydrogen) atoms. The van der Waals surface area contributed by atoms with Crippen LogP contribution in [0.25, 0.3) is 0 Å². The number of carbonyl (C=O) groups excluding carboxylic acids is 3. The van der Waals surface area contributed by atoms with Gasteiger partial charge in [-0.2, -0.15) is 0 Å². The molecule has 0 radical (unpaired) electrons. The molecule has 2 rings (SSSR count). The number of anilines is 2. The highest BCUT2D eigenvalue weighted by atomic mass is 16.5. The van der Waals surface area contributed by atoms with Gasteiger partial charge in [-0.1, -0.05) is 42.8 Å². The van der Waals surface area contributed by atoms with E-state index in [1.807, 2.05) is 50.2 Å². The van der Waals surface area contributed by atoms with Crippen LogP contribution in [0.3, 0.4) is 0 Å². The third-order valence-electron chi connectivity index (χ3n) is 3.93. The van der Waals surface area contributed by atoms with Crippen molar-refractivity contribution in [1.29, 1.82) is 0 Å². The molecule has 0 bridgehead atoms. The Hall–Kier alpha value is -3.15. The minimum atomic E-state index is -0.590. The topological polar surface area (TPSA) is 84.5 Å². The molecule has 142 valence electrons. The highest BCUT2D eigenvalue weighted by molar-refractivity contribution is 5.94. The summed E-state index contributed by atoms with van der Waals surface area (Å²) in [4.78, 5) is 35.5. The van der Waals surface area contributed by atoms with Crippen LogP contribution < -0.4 is 10.6 Å². The van der Waals surface area contributed by atoms with Crippen LogP contribution in [-0.2, 0) is 25.5 Å². The Labute approximate surface area is 158 Å². The lowest BCUT2D eigenvalue weighted by Gasteiger charge is -2.10. The molecule has 0 atom stereocenters. The summed E-state index contributed by atoms with van der Waals surface area (Å²) in [6.45, 7) is 3.57. The molecule has 0 fully saturated rings. The Kier molecular flexibility index (Phi) is 7.55. The summed E-state index contributed by atoms with van der Waals surface area (Å²) in [5.41, 5.74) is 3.49. The summed E-state index contributed by atoms with van der Waals surface area (Å²) in [5, 5.41) is 5.43. The highest BCUT2D eigenvalue weighted by Crippen LogP contribution is 2.15. The summed E-state index contributed by atoms with van der Waals surface area (Å²) in [5.74, 6) is -1.28. The standard InChI is InChI=1S/C21H24N2O4/c1-3-16-6-4-5-7-18(16)23-19(24)12-13-21(26)27-14-20(25)22-17-10-8-15(2)9-11-17/h4-11H,3,12-14H2,1-2H3,(H,22,25)(H,23,24). The minimum absolute atomic E-state index is 0.00351. The average molecular weight is 368 g/mol. The van der Waals surface area contributed by atoms with Gasteiger partial charge in [-0.25, -0.2) is 0 Å². The first kappa shape index (κ1) is 20.2. The highest BCUT2D eigenvalue weighted by Gasteiger charge is 2.12. The zero-order valence-electron chi connectivity index (χ0n) is 15.6. The third-order valence-corrected chi connectivity index (χ3v) is 3.93. The van der Waals surface area contributed by atoms with E-state index in [4.69, 9.17) is 4.74 Å². The molecule has 0 unspecified atom stereocenters. The molecule has 0 heterocycles. The fourth-order valence-electron chi connectivity index (χ4n) is 2.43. The van der Waals surface area contributed by atoms with Crippen LogP contribution >= 0.6 is 0 Å². The molecule has 2 aromatic rings. The van der Waals surface area contributed by atoms with Gasteiger partial charge in [0.25, 0.3) is 5.91 Å². The largest absolute Gasteiger partial charge is 0.456 e. The summed E-state index contributed by atoms with van der Waals surface area (Å²) in [6, 6.07) is 14.8. The maximum absolute atomic E-state index is 12.0. The number of nitrogens with one attached hydrogen (secondary N) is 2. The molecule has 2 N–H and O–H groups in total. The van der Waals surface area contributed by atoms with E-state index in [0.29, 0.717) is 5.69 Å². The average Bonchev–Trinajstić information content (AvgIpc) is 2.67. The number of hydrogen-bond donors (Lipinski definition) is 2. The van der Waals surface area contributed by atoms with Gasteiger partial charge < -0.3 is 15.4 Å². The normalized spacial score (nSPS) is 10.1. The van der Waals surface area contributed by atoms with Crippen molar-refractivity contribution in [2.75, 3.05) is 17.2 Å². The second-order valence-electron chi connectivity index (χ2n) is 6.13. The lowest BCUT2D eigenvalue weighted by atomic mass is 10.1. The fraction of sp³-hybridized carbons (Fsp3) is 0.286. The van der Waals surface area contributed by atoms with Gasteiger partial charge in [-0.3, -0.25) is 14.4 Å². The number of rotatable bonds is 8. The van der Waals surface area contributed by atoms with Gasteiger partial charge in [0.05, 0.1) is 6.42 Å². The van der Waals surface area contributed by atoms with E-state index in [-0.39, 0.29) is 25.4 Å². The van der Waals surface area contributed by atoms with Crippen molar-refractivity contribution in [1.82, 2.24) is 0 Å². The predicted molar refractivity (Wildman–Crippen MR) is 104 cm³/mol. The first-order valence-electron chi connectivity index (χ1n) is 8.88. The summed E-state index contributed by atoms with van der Waals surface area (Å²) in [6.07, 6.45) is 0.711. The SMILES string of the molecule is CCc1ccccc1NC(=O)CCC(=O)OCC(=O)Nc1ccc(C)cc1. The predicted octanol–water partition coefficient (Wildman–Crippen LogP) is 3.46. The van der Waals surface area contributed by atoms with Crippen LogP contribution in [0.15, 0.2) is 48.5 Å². The van der Waals surface area contributed by atoms with Gasteiger partial charge in [0.15, 0.2) is 6.61 Å². The van der Waals surface area contributed by atoms with Crippen molar-refractivity contribution in [3.63, 3.8) is 0 Å². The smallest absolute Gasteiger partial charge is 0.306 e. The maximum atomic E-state index is 12.0. The van der Waals surface area contributed by atoms with Gasteiger partial charge in [0.1, 0.15) is 0 Å². The molecule has 0 spiro atoms. The Balaban J connectivity index is 1.70.